The standard InChI is InChI=1S/C14H17ClO/c1-2-3-4-8-14(16)10-9-12-6-5-7-13(15)11-12/h5-7,11,14,16H,2-4,8H2,1H3. The van der Waals surface area contributed by atoms with Crippen LogP contribution in [-0.2, 0) is 0 Å². The Balaban J connectivity index is 2.47. The molecule has 0 aliphatic carbocycles. The Bertz CT molecular complexity index is 376. The minimum atomic E-state index is -0.523. The number of unbranched alkanes of at least 4 members (excludes halogenated alkanes) is 2. The van der Waals surface area contributed by atoms with Crippen LogP contribution in [0.25, 0.3) is 0 Å². The molecule has 0 bridgehead atoms. The summed E-state index contributed by atoms with van der Waals surface area (Å²) < 4.78 is 0. The quantitative estimate of drug-likeness (QED) is 0.625. The Morgan fingerprint density at radius 2 is 2.19 bits per heavy atom. The van der Waals surface area contributed by atoms with Gasteiger partial charge in [0.2, 0.25) is 0 Å². The minimum absolute atomic E-state index is 0.523. The Kier molecular flexibility index (Phi) is 6.00. The van der Waals surface area contributed by atoms with E-state index in [1.807, 2.05) is 18.2 Å². The van der Waals surface area contributed by atoms with Gasteiger partial charge >= 0.3 is 0 Å². The van der Waals surface area contributed by atoms with Gasteiger partial charge in [0.05, 0.1) is 0 Å². The van der Waals surface area contributed by atoms with E-state index in [1.54, 1.807) is 6.07 Å². The molecule has 0 aromatic heterocycles. The highest BCUT2D eigenvalue weighted by Gasteiger charge is 1.97. The first-order chi connectivity index (χ1) is 7.72. The number of aliphatic hydroxyl groups excluding tert-OH is 1. The van der Waals surface area contributed by atoms with E-state index in [4.69, 9.17) is 11.6 Å². The molecule has 0 spiro atoms. The number of aliphatic hydroxyl groups is 1. The van der Waals surface area contributed by atoms with Crippen molar-refractivity contribution in [1.82, 2.24) is 0 Å². The fourth-order valence-electron chi connectivity index (χ4n) is 1.39. The van der Waals surface area contributed by atoms with Crippen LogP contribution in [0.1, 0.15) is 38.2 Å². The minimum Gasteiger partial charge on any atom is -0.380 e. The SMILES string of the molecule is CCCCCC(O)C#Cc1cccc(Cl)c1. The van der Waals surface area contributed by atoms with Crippen LogP contribution >= 0.6 is 11.6 Å². The number of hydrogen-bond acceptors (Lipinski definition) is 1. The van der Waals surface area contributed by atoms with Gasteiger partial charge in [-0.2, -0.15) is 0 Å². The van der Waals surface area contributed by atoms with Crippen molar-refractivity contribution in [1.29, 1.82) is 0 Å². The van der Waals surface area contributed by atoms with Gasteiger partial charge in [-0.05, 0) is 31.0 Å². The van der Waals surface area contributed by atoms with E-state index in [-0.39, 0.29) is 0 Å². The zero-order valence-electron chi connectivity index (χ0n) is 9.54. The molecule has 1 nitrogen and oxygen atoms in total. The van der Waals surface area contributed by atoms with E-state index in [2.05, 4.69) is 18.8 Å². The molecule has 1 N–H and O–H groups in total. The van der Waals surface area contributed by atoms with E-state index in [0.29, 0.717) is 5.02 Å². The summed E-state index contributed by atoms with van der Waals surface area (Å²) in [5.41, 5.74) is 0.849. The Hall–Kier alpha value is -0.970. The summed E-state index contributed by atoms with van der Waals surface area (Å²) in [5, 5.41) is 10.3. The van der Waals surface area contributed by atoms with Crippen LogP contribution in [0.3, 0.4) is 0 Å². The molecule has 0 saturated heterocycles. The molecule has 0 aliphatic rings. The average Bonchev–Trinajstić information content (AvgIpc) is 2.27. The van der Waals surface area contributed by atoms with Gasteiger partial charge in [-0.15, -0.1) is 0 Å². The van der Waals surface area contributed by atoms with Crippen molar-refractivity contribution in [2.75, 3.05) is 0 Å². The molecule has 16 heavy (non-hydrogen) atoms. The van der Waals surface area contributed by atoms with Crippen molar-refractivity contribution in [3.05, 3.63) is 34.9 Å². The predicted molar refractivity (Wildman–Crippen MR) is 68.5 cm³/mol. The predicted octanol–water partition coefficient (Wildman–Crippen LogP) is 3.63. The molecule has 0 heterocycles. The zero-order valence-corrected chi connectivity index (χ0v) is 10.3. The highest BCUT2D eigenvalue weighted by atomic mass is 35.5. The third-order valence-corrected chi connectivity index (χ3v) is 2.52. The molecule has 1 aromatic rings. The van der Waals surface area contributed by atoms with Crippen LogP contribution in [0, 0.1) is 11.8 Å². The third-order valence-electron chi connectivity index (χ3n) is 2.29. The summed E-state index contributed by atoms with van der Waals surface area (Å²) in [5.74, 6) is 5.76. The van der Waals surface area contributed by atoms with E-state index >= 15 is 0 Å². The monoisotopic (exact) mass is 236 g/mol. The molecule has 0 fully saturated rings. The average molecular weight is 237 g/mol. The molecular formula is C14H17ClO. The summed E-state index contributed by atoms with van der Waals surface area (Å²) in [6.07, 6.45) is 3.57. The maximum absolute atomic E-state index is 9.60. The van der Waals surface area contributed by atoms with Gasteiger partial charge in [-0.1, -0.05) is 49.3 Å². The van der Waals surface area contributed by atoms with Crippen molar-refractivity contribution in [2.24, 2.45) is 0 Å². The van der Waals surface area contributed by atoms with Crippen LogP contribution < -0.4 is 0 Å². The normalized spacial score (nSPS) is 11.7. The van der Waals surface area contributed by atoms with E-state index in [9.17, 15) is 5.11 Å². The fraction of sp³-hybridized carbons (Fsp3) is 0.429. The number of halogens is 1. The molecule has 0 radical (unpaired) electrons. The lowest BCUT2D eigenvalue weighted by Crippen LogP contribution is -2.02. The first kappa shape index (κ1) is 13.1. The lowest BCUT2D eigenvalue weighted by molar-refractivity contribution is 0.217. The second kappa shape index (κ2) is 7.33. The summed E-state index contributed by atoms with van der Waals surface area (Å²) in [7, 11) is 0. The topological polar surface area (TPSA) is 20.2 Å². The lowest BCUT2D eigenvalue weighted by atomic mass is 10.1. The van der Waals surface area contributed by atoms with Gasteiger partial charge in [-0.3, -0.25) is 0 Å². The lowest BCUT2D eigenvalue weighted by Gasteiger charge is -2.01. The Labute approximate surface area is 102 Å². The van der Waals surface area contributed by atoms with Crippen LogP contribution in [0.5, 0.6) is 0 Å². The molecule has 0 aliphatic heterocycles. The molecule has 1 atom stereocenters. The maximum atomic E-state index is 9.60. The van der Waals surface area contributed by atoms with Crippen LogP contribution in [0.2, 0.25) is 5.02 Å². The van der Waals surface area contributed by atoms with Crippen molar-refractivity contribution in [3.63, 3.8) is 0 Å². The molecule has 0 saturated carbocycles. The molecule has 1 aromatic carbocycles. The van der Waals surface area contributed by atoms with Gasteiger partial charge in [0.1, 0.15) is 6.10 Å². The number of rotatable bonds is 4. The van der Waals surface area contributed by atoms with E-state index in [1.165, 1.54) is 0 Å². The Morgan fingerprint density at radius 3 is 2.88 bits per heavy atom. The third kappa shape index (κ3) is 5.21. The van der Waals surface area contributed by atoms with Gasteiger partial charge in [0.25, 0.3) is 0 Å². The van der Waals surface area contributed by atoms with Crippen molar-refractivity contribution in [2.45, 2.75) is 38.7 Å². The van der Waals surface area contributed by atoms with Crippen LogP contribution in [0.15, 0.2) is 24.3 Å². The van der Waals surface area contributed by atoms with Crippen molar-refractivity contribution >= 4 is 11.6 Å². The molecule has 1 unspecified atom stereocenters. The van der Waals surface area contributed by atoms with Gasteiger partial charge in [0.15, 0.2) is 0 Å². The largest absolute Gasteiger partial charge is 0.380 e. The fourth-order valence-corrected chi connectivity index (χ4v) is 1.58. The van der Waals surface area contributed by atoms with Crippen LogP contribution in [0.4, 0.5) is 0 Å². The van der Waals surface area contributed by atoms with Gasteiger partial charge in [0, 0.05) is 10.6 Å². The summed E-state index contributed by atoms with van der Waals surface area (Å²) >= 11 is 5.83. The highest BCUT2D eigenvalue weighted by Crippen LogP contribution is 2.09. The Morgan fingerprint density at radius 1 is 1.38 bits per heavy atom. The molecule has 2 heteroatoms. The summed E-state index contributed by atoms with van der Waals surface area (Å²) in [4.78, 5) is 0. The van der Waals surface area contributed by atoms with E-state index in [0.717, 1.165) is 31.2 Å². The van der Waals surface area contributed by atoms with Crippen LogP contribution in [-0.4, -0.2) is 11.2 Å². The highest BCUT2D eigenvalue weighted by molar-refractivity contribution is 6.30. The second-order valence-corrected chi connectivity index (χ2v) is 4.23. The van der Waals surface area contributed by atoms with Crippen molar-refractivity contribution in [3.8, 4) is 11.8 Å². The number of benzene rings is 1. The smallest absolute Gasteiger partial charge is 0.115 e. The molecular weight excluding hydrogens is 220 g/mol. The first-order valence-corrected chi connectivity index (χ1v) is 6.05. The molecule has 1 rings (SSSR count). The zero-order chi connectivity index (χ0) is 11.8. The molecule has 0 amide bonds. The summed E-state index contributed by atoms with van der Waals surface area (Å²) in [6.45, 7) is 2.14. The molecule has 86 valence electrons. The van der Waals surface area contributed by atoms with E-state index < -0.39 is 6.10 Å². The maximum Gasteiger partial charge on any atom is 0.115 e. The summed E-state index contributed by atoms with van der Waals surface area (Å²) in [6, 6.07) is 7.35. The number of hydrogen-bond donors (Lipinski definition) is 1. The second-order valence-electron chi connectivity index (χ2n) is 3.79. The first-order valence-electron chi connectivity index (χ1n) is 5.67. The van der Waals surface area contributed by atoms with Gasteiger partial charge < -0.3 is 5.11 Å². The van der Waals surface area contributed by atoms with Gasteiger partial charge in [-0.25, -0.2) is 0 Å². The van der Waals surface area contributed by atoms with Crippen molar-refractivity contribution < 1.29 is 5.11 Å².